The number of nitrogens with zero attached hydrogens (tertiary/aromatic N) is 2. The monoisotopic (exact) mass is 430 g/mol. The van der Waals surface area contributed by atoms with E-state index < -0.39 is 5.60 Å². The Bertz CT molecular complexity index is 812. The molecule has 8 nitrogen and oxygen atoms in total. The van der Waals surface area contributed by atoms with Crippen molar-refractivity contribution in [2.75, 3.05) is 26.2 Å². The molecule has 0 atom stereocenters. The SMILES string of the molecule is CC(C)(C)OC(=O)N1Cc2cccc(CNC(=O)CCCC(=O)N3CCNCC3)c2C1. The van der Waals surface area contributed by atoms with E-state index in [0.29, 0.717) is 38.9 Å². The summed E-state index contributed by atoms with van der Waals surface area (Å²) >= 11 is 0. The van der Waals surface area contributed by atoms with Gasteiger partial charge in [0.25, 0.3) is 0 Å². The lowest BCUT2D eigenvalue weighted by Crippen LogP contribution is -2.46. The highest BCUT2D eigenvalue weighted by Crippen LogP contribution is 2.27. The standard InChI is InChI=1S/C23H34N4O4/c1-23(2,3)31-22(30)27-15-18-7-4-6-17(19(18)16-27)14-25-20(28)8-5-9-21(29)26-12-10-24-11-13-26/h4,6-7,24H,5,8-16H2,1-3H3,(H,25,28). The average Bonchev–Trinajstić information content (AvgIpc) is 3.17. The number of rotatable bonds is 6. The highest BCUT2D eigenvalue weighted by molar-refractivity contribution is 5.79. The molecule has 0 spiro atoms. The van der Waals surface area contributed by atoms with Gasteiger partial charge >= 0.3 is 6.09 Å². The van der Waals surface area contributed by atoms with Crippen LogP contribution < -0.4 is 10.6 Å². The molecule has 2 heterocycles. The first-order chi connectivity index (χ1) is 14.7. The maximum Gasteiger partial charge on any atom is 0.410 e. The van der Waals surface area contributed by atoms with Crippen molar-refractivity contribution in [1.82, 2.24) is 20.4 Å². The van der Waals surface area contributed by atoms with E-state index in [4.69, 9.17) is 4.74 Å². The van der Waals surface area contributed by atoms with Crippen LogP contribution in [-0.2, 0) is 34.0 Å². The first-order valence-corrected chi connectivity index (χ1v) is 11.1. The quantitative estimate of drug-likeness (QED) is 0.722. The Hall–Kier alpha value is -2.61. The molecule has 170 valence electrons. The summed E-state index contributed by atoms with van der Waals surface area (Å²) in [5.74, 6) is 0.0603. The fourth-order valence-corrected chi connectivity index (χ4v) is 3.87. The molecule has 1 saturated heterocycles. The number of amides is 3. The number of nitrogens with one attached hydrogen (secondary N) is 2. The van der Waals surface area contributed by atoms with E-state index in [1.807, 2.05) is 43.9 Å². The van der Waals surface area contributed by atoms with Gasteiger partial charge in [0, 0.05) is 52.1 Å². The van der Waals surface area contributed by atoms with Crippen molar-refractivity contribution < 1.29 is 19.1 Å². The molecule has 2 aliphatic heterocycles. The van der Waals surface area contributed by atoms with Gasteiger partial charge in [-0.1, -0.05) is 18.2 Å². The number of carbonyl (C=O) groups is 3. The maximum absolute atomic E-state index is 12.4. The van der Waals surface area contributed by atoms with Crippen LogP contribution in [0, 0.1) is 0 Å². The summed E-state index contributed by atoms with van der Waals surface area (Å²) < 4.78 is 5.48. The number of carbonyl (C=O) groups excluding carboxylic acids is 3. The number of hydrogen-bond donors (Lipinski definition) is 2. The summed E-state index contributed by atoms with van der Waals surface area (Å²) in [4.78, 5) is 40.4. The molecule has 3 rings (SSSR count). The van der Waals surface area contributed by atoms with Gasteiger partial charge in [0.15, 0.2) is 0 Å². The second-order valence-electron chi connectivity index (χ2n) is 9.15. The minimum absolute atomic E-state index is 0.0623. The van der Waals surface area contributed by atoms with Crippen LogP contribution >= 0.6 is 0 Å². The van der Waals surface area contributed by atoms with Gasteiger partial charge in [-0.25, -0.2) is 4.79 Å². The molecule has 1 aromatic rings. The summed E-state index contributed by atoms with van der Waals surface area (Å²) in [5.41, 5.74) is 2.63. The topological polar surface area (TPSA) is 91.0 Å². The number of fused-ring (bicyclic) bond motifs is 1. The lowest BCUT2D eigenvalue weighted by atomic mass is 10.0. The highest BCUT2D eigenvalue weighted by atomic mass is 16.6. The first kappa shape index (κ1) is 23.1. The van der Waals surface area contributed by atoms with Crippen molar-refractivity contribution in [2.24, 2.45) is 0 Å². The normalized spacial score (nSPS) is 16.1. The molecule has 2 aliphatic rings. The minimum Gasteiger partial charge on any atom is -0.444 e. The fraction of sp³-hybridized carbons (Fsp3) is 0.609. The Morgan fingerprint density at radius 1 is 1.06 bits per heavy atom. The fourth-order valence-electron chi connectivity index (χ4n) is 3.87. The van der Waals surface area contributed by atoms with Crippen LogP contribution in [0.2, 0.25) is 0 Å². The number of benzene rings is 1. The average molecular weight is 431 g/mol. The van der Waals surface area contributed by atoms with Gasteiger partial charge in [-0.15, -0.1) is 0 Å². The van der Waals surface area contributed by atoms with Gasteiger partial charge in [-0.3, -0.25) is 14.5 Å². The third-order valence-corrected chi connectivity index (χ3v) is 5.47. The van der Waals surface area contributed by atoms with Gasteiger partial charge in [0.1, 0.15) is 5.60 Å². The van der Waals surface area contributed by atoms with Crippen LogP contribution in [-0.4, -0.2) is 59.5 Å². The summed E-state index contributed by atoms with van der Waals surface area (Å²) in [6.45, 7) is 10.1. The van der Waals surface area contributed by atoms with Gasteiger partial charge in [-0.05, 0) is 43.9 Å². The van der Waals surface area contributed by atoms with Gasteiger partial charge in [0.05, 0.1) is 6.54 Å². The predicted molar refractivity (Wildman–Crippen MR) is 117 cm³/mol. The zero-order valence-electron chi connectivity index (χ0n) is 18.8. The Morgan fingerprint density at radius 2 is 1.81 bits per heavy atom. The molecule has 0 radical (unpaired) electrons. The Kier molecular flexibility index (Phi) is 7.54. The van der Waals surface area contributed by atoms with Crippen LogP contribution in [0.1, 0.15) is 56.7 Å². The number of ether oxygens (including phenoxy) is 1. The Morgan fingerprint density at radius 3 is 2.52 bits per heavy atom. The molecule has 2 N–H and O–H groups in total. The highest BCUT2D eigenvalue weighted by Gasteiger charge is 2.29. The van der Waals surface area contributed by atoms with Crippen molar-refractivity contribution in [3.63, 3.8) is 0 Å². The van der Waals surface area contributed by atoms with Crippen LogP contribution in [0.4, 0.5) is 4.79 Å². The molecule has 0 aromatic heterocycles. The summed E-state index contributed by atoms with van der Waals surface area (Å²) in [7, 11) is 0. The van der Waals surface area contributed by atoms with E-state index in [2.05, 4.69) is 10.6 Å². The summed E-state index contributed by atoms with van der Waals surface area (Å²) in [6, 6.07) is 5.93. The largest absolute Gasteiger partial charge is 0.444 e. The molecular weight excluding hydrogens is 396 g/mol. The molecule has 0 aliphatic carbocycles. The molecular formula is C23H34N4O4. The molecule has 31 heavy (non-hydrogen) atoms. The van der Waals surface area contributed by atoms with Crippen molar-refractivity contribution in [2.45, 2.75) is 65.3 Å². The van der Waals surface area contributed by atoms with Crippen molar-refractivity contribution in [3.05, 3.63) is 34.9 Å². The van der Waals surface area contributed by atoms with Crippen LogP contribution in [0.5, 0.6) is 0 Å². The second-order valence-corrected chi connectivity index (χ2v) is 9.15. The van der Waals surface area contributed by atoms with E-state index in [0.717, 1.165) is 42.9 Å². The van der Waals surface area contributed by atoms with Crippen LogP contribution in [0.3, 0.4) is 0 Å². The third kappa shape index (κ3) is 6.69. The van der Waals surface area contributed by atoms with Crippen molar-refractivity contribution >= 4 is 17.9 Å². The minimum atomic E-state index is -0.533. The third-order valence-electron chi connectivity index (χ3n) is 5.47. The molecule has 0 unspecified atom stereocenters. The smallest absolute Gasteiger partial charge is 0.410 e. The number of piperazine rings is 1. The first-order valence-electron chi connectivity index (χ1n) is 11.1. The van der Waals surface area contributed by atoms with E-state index in [1.165, 1.54) is 0 Å². The van der Waals surface area contributed by atoms with E-state index in [-0.39, 0.29) is 17.9 Å². The lowest BCUT2D eigenvalue weighted by molar-refractivity contribution is -0.132. The zero-order valence-corrected chi connectivity index (χ0v) is 18.8. The van der Waals surface area contributed by atoms with Gasteiger partial charge < -0.3 is 20.3 Å². The van der Waals surface area contributed by atoms with E-state index in [9.17, 15) is 14.4 Å². The van der Waals surface area contributed by atoms with Crippen LogP contribution in [0.15, 0.2) is 18.2 Å². The van der Waals surface area contributed by atoms with Gasteiger partial charge in [0.2, 0.25) is 11.8 Å². The second kappa shape index (κ2) is 10.1. The predicted octanol–water partition coefficient (Wildman–Crippen LogP) is 2.16. The maximum atomic E-state index is 12.4. The molecule has 0 bridgehead atoms. The van der Waals surface area contributed by atoms with Gasteiger partial charge in [-0.2, -0.15) is 0 Å². The van der Waals surface area contributed by atoms with E-state index in [1.54, 1.807) is 4.90 Å². The molecule has 3 amide bonds. The zero-order chi connectivity index (χ0) is 22.4. The summed E-state index contributed by atoms with van der Waals surface area (Å²) in [5, 5.41) is 6.18. The summed E-state index contributed by atoms with van der Waals surface area (Å²) in [6.07, 6.45) is 0.955. The van der Waals surface area contributed by atoms with Crippen molar-refractivity contribution in [3.8, 4) is 0 Å². The molecule has 1 aromatic carbocycles. The number of hydrogen-bond acceptors (Lipinski definition) is 5. The molecule has 1 fully saturated rings. The molecule has 8 heteroatoms. The Balaban J connectivity index is 1.44. The van der Waals surface area contributed by atoms with E-state index >= 15 is 0 Å². The Labute approximate surface area is 184 Å². The van der Waals surface area contributed by atoms with Crippen LogP contribution in [0.25, 0.3) is 0 Å². The molecule has 0 saturated carbocycles. The van der Waals surface area contributed by atoms with Crippen molar-refractivity contribution in [1.29, 1.82) is 0 Å². The lowest BCUT2D eigenvalue weighted by Gasteiger charge is -2.27.